The number of hydrogen-bond donors (Lipinski definition) is 1. The summed E-state index contributed by atoms with van der Waals surface area (Å²) in [5.41, 5.74) is 1.29. The molecule has 1 aliphatic heterocycles. The maximum atomic E-state index is 4.27. The van der Waals surface area contributed by atoms with Crippen molar-refractivity contribution >= 4 is 0 Å². The predicted octanol–water partition coefficient (Wildman–Crippen LogP) is 0.944. The van der Waals surface area contributed by atoms with Crippen molar-refractivity contribution in [2.45, 2.75) is 26.4 Å². The summed E-state index contributed by atoms with van der Waals surface area (Å²) in [7, 11) is 2.20. The van der Waals surface area contributed by atoms with Crippen LogP contribution in [0.15, 0.2) is 12.4 Å². The molecule has 0 amide bonds. The Morgan fingerprint density at radius 2 is 2.44 bits per heavy atom. The van der Waals surface area contributed by atoms with Gasteiger partial charge in [-0.25, -0.2) is 0 Å². The number of rotatable bonds is 5. The molecular formula is C12H22N4. The van der Waals surface area contributed by atoms with E-state index >= 15 is 0 Å². The topological polar surface area (TPSA) is 33.1 Å². The lowest BCUT2D eigenvalue weighted by atomic mass is 10.1. The first-order chi connectivity index (χ1) is 7.78. The van der Waals surface area contributed by atoms with Gasteiger partial charge >= 0.3 is 0 Å². The zero-order valence-corrected chi connectivity index (χ0v) is 10.3. The van der Waals surface area contributed by atoms with Gasteiger partial charge in [0, 0.05) is 31.4 Å². The van der Waals surface area contributed by atoms with E-state index < -0.39 is 0 Å². The molecule has 4 heteroatoms. The zero-order chi connectivity index (χ0) is 11.4. The predicted molar refractivity (Wildman–Crippen MR) is 65.2 cm³/mol. The van der Waals surface area contributed by atoms with Crippen molar-refractivity contribution in [3.8, 4) is 0 Å². The third kappa shape index (κ3) is 3.06. The lowest BCUT2D eigenvalue weighted by molar-refractivity contribution is 0.388. The molecule has 1 unspecified atom stereocenters. The van der Waals surface area contributed by atoms with Crippen LogP contribution < -0.4 is 5.32 Å². The Morgan fingerprint density at radius 1 is 1.56 bits per heavy atom. The number of likely N-dealkylation sites (tertiary alicyclic amines) is 1. The third-order valence-corrected chi connectivity index (χ3v) is 3.26. The van der Waals surface area contributed by atoms with Gasteiger partial charge in [-0.15, -0.1) is 0 Å². The number of nitrogens with zero attached hydrogens (tertiary/aromatic N) is 3. The van der Waals surface area contributed by atoms with Crippen LogP contribution in [0.1, 0.15) is 18.9 Å². The summed E-state index contributed by atoms with van der Waals surface area (Å²) in [4.78, 5) is 2.40. The summed E-state index contributed by atoms with van der Waals surface area (Å²) < 4.78 is 1.97. The average molecular weight is 222 g/mol. The van der Waals surface area contributed by atoms with E-state index in [2.05, 4.69) is 35.5 Å². The van der Waals surface area contributed by atoms with Crippen LogP contribution in [0.4, 0.5) is 0 Å². The molecular weight excluding hydrogens is 200 g/mol. The lowest BCUT2D eigenvalue weighted by Crippen LogP contribution is -2.24. The fraction of sp³-hybridized carbons (Fsp3) is 0.750. The molecule has 0 spiro atoms. The Bertz CT molecular complexity index is 321. The lowest BCUT2D eigenvalue weighted by Gasteiger charge is -2.10. The quantitative estimate of drug-likeness (QED) is 0.805. The van der Waals surface area contributed by atoms with Crippen LogP contribution in [-0.4, -0.2) is 41.4 Å². The molecule has 0 aliphatic carbocycles. The molecule has 1 atom stereocenters. The highest BCUT2D eigenvalue weighted by atomic mass is 15.3. The molecule has 0 bridgehead atoms. The third-order valence-electron chi connectivity index (χ3n) is 3.26. The molecule has 4 nitrogen and oxygen atoms in total. The van der Waals surface area contributed by atoms with Gasteiger partial charge in [-0.1, -0.05) is 0 Å². The maximum Gasteiger partial charge on any atom is 0.0534 e. The zero-order valence-electron chi connectivity index (χ0n) is 10.3. The fourth-order valence-electron chi connectivity index (χ4n) is 2.28. The van der Waals surface area contributed by atoms with E-state index in [0.29, 0.717) is 0 Å². The minimum absolute atomic E-state index is 0.825. The normalized spacial score (nSPS) is 21.8. The molecule has 1 aromatic heterocycles. The van der Waals surface area contributed by atoms with Crippen molar-refractivity contribution in [1.29, 1.82) is 0 Å². The molecule has 16 heavy (non-hydrogen) atoms. The Balaban J connectivity index is 1.67. The molecule has 1 aromatic rings. The van der Waals surface area contributed by atoms with Gasteiger partial charge < -0.3 is 10.2 Å². The molecule has 2 rings (SSSR count). The van der Waals surface area contributed by atoms with Gasteiger partial charge in [-0.2, -0.15) is 5.10 Å². The molecule has 1 N–H and O–H groups in total. The molecule has 1 aliphatic rings. The fourth-order valence-corrected chi connectivity index (χ4v) is 2.28. The Morgan fingerprint density at radius 3 is 3.06 bits per heavy atom. The summed E-state index contributed by atoms with van der Waals surface area (Å²) in [6, 6.07) is 0. The largest absolute Gasteiger partial charge is 0.312 e. The summed E-state index contributed by atoms with van der Waals surface area (Å²) >= 11 is 0. The SMILES string of the molecule is CCn1cc(CNCC2CCN(C)C2)cn1. The van der Waals surface area contributed by atoms with Crippen molar-refractivity contribution in [2.75, 3.05) is 26.7 Å². The highest BCUT2D eigenvalue weighted by molar-refractivity contribution is 5.03. The number of nitrogens with one attached hydrogen (secondary N) is 1. The van der Waals surface area contributed by atoms with E-state index in [-0.39, 0.29) is 0 Å². The summed E-state index contributed by atoms with van der Waals surface area (Å²) in [5, 5.41) is 7.79. The summed E-state index contributed by atoms with van der Waals surface area (Å²) in [6.45, 7) is 7.62. The summed E-state index contributed by atoms with van der Waals surface area (Å²) in [6.07, 6.45) is 5.41. The highest BCUT2D eigenvalue weighted by Crippen LogP contribution is 2.12. The van der Waals surface area contributed by atoms with Crippen molar-refractivity contribution < 1.29 is 0 Å². The molecule has 90 valence electrons. The van der Waals surface area contributed by atoms with Gasteiger partial charge in [0.05, 0.1) is 6.20 Å². The number of aromatic nitrogens is 2. The minimum atomic E-state index is 0.825. The smallest absolute Gasteiger partial charge is 0.0534 e. The number of aryl methyl sites for hydroxylation is 1. The Labute approximate surface area is 97.6 Å². The van der Waals surface area contributed by atoms with Gasteiger partial charge in [0.1, 0.15) is 0 Å². The molecule has 1 fully saturated rings. The molecule has 0 radical (unpaired) electrons. The Kier molecular flexibility index (Phi) is 3.96. The molecule has 1 saturated heterocycles. The first kappa shape index (κ1) is 11.6. The van der Waals surface area contributed by atoms with Crippen molar-refractivity contribution in [2.24, 2.45) is 5.92 Å². The van der Waals surface area contributed by atoms with Crippen LogP contribution in [0.5, 0.6) is 0 Å². The Hall–Kier alpha value is -0.870. The maximum absolute atomic E-state index is 4.27. The minimum Gasteiger partial charge on any atom is -0.312 e. The second-order valence-corrected chi connectivity index (χ2v) is 4.75. The van der Waals surface area contributed by atoms with E-state index in [9.17, 15) is 0 Å². The van der Waals surface area contributed by atoms with E-state index in [1.165, 1.54) is 25.1 Å². The standard InChI is InChI=1S/C12H22N4/c1-3-16-10-12(8-14-16)7-13-6-11-4-5-15(2)9-11/h8,10-11,13H,3-7,9H2,1-2H3. The molecule has 2 heterocycles. The van der Waals surface area contributed by atoms with Gasteiger partial charge in [0.2, 0.25) is 0 Å². The summed E-state index contributed by atoms with van der Waals surface area (Å²) in [5.74, 6) is 0.825. The van der Waals surface area contributed by atoms with Crippen LogP contribution in [-0.2, 0) is 13.1 Å². The van der Waals surface area contributed by atoms with E-state index in [1.807, 2.05) is 10.9 Å². The monoisotopic (exact) mass is 222 g/mol. The first-order valence-electron chi connectivity index (χ1n) is 6.18. The first-order valence-corrected chi connectivity index (χ1v) is 6.18. The van der Waals surface area contributed by atoms with Crippen LogP contribution in [0.3, 0.4) is 0 Å². The van der Waals surface area contributed by atoms with Crippen LogP contribution in [0.2, 0.25) is 0 Å². The van der Waals surface area contributed by atoms with E-state index in [4.69, 9.17) is 0 Å². The average Bonchev–Trinajstić information content (AvgIpc) is 2.88. The van der Waals surface area contributed by atoms with Crippen molar-refractivity contribution in [1.82, 2.24) is 20.0 Å². The van der Waals surface area contributed by atoms with Crippen LogP contribution >= 0.6 is 0 Å². The second kappa shape index (κ2) is 5.46. The highest BCUT2D eigenvalue weighted by Gasteiger charge is 2.18. The second-order valence-electron chi connectivity index (χ2n) is 4.75. The van der Waals surface area contributed by atoms with Crippen LogP contribution in [0.25, 0.3) is 0 Å². The van der Waals surface area contributed by atoms with Gasteiger partial charge in [-0.3, -0.25) is 4.68 Å². The van der Waals surface area contributed by atoms with Crippen LogP contribution in [0, 0.1) is 5.92 Å². The van der Waals surface area contributed by atoms with E-state index in [0.717, 1.165) is 25.6 Å². The van der Waals surface area contributed by atoms with Gasteiger partial charge in [-0.05, 0) is 39.4 Å². The van der Waals surface area contributed by atoms with Crippen molar-refractivity contribution in [3.63, 3.8) is 0 Å². The van der Waals surface area contributed by atoms with E-state index in [1.54, 1.807) is 0 Å². The molecule has 0 saturated carbocycles. The molecule has 0 aromatic carbocycles. The van der Waals surface area contributed by atoms with Crippen molar-refractivity contribution in [3.05, 3.63) is 18.0 Å². The van der Waals surface area contributed by atoms with Gasteiger partial charge in [0.25, 0.3) is 0 Å². The number of hydrogen-bond acceptors (Lipinski definition) is 3. The van der Waals surface area contributed by atoms with Gasteiger partial charge in [0.15, 0.2) is 0 Å².